The first-order chi connectivity index (χ1) is 22.5. The zero-order valence-corrected chi connectivity index (χ0v) is 31.2. The predicted octanol–water partition coefficient (Wildman–Crippen LogP) is 14.4. The highest BCUT2D eigenvalue weighted by Crippen LogP contribution is 2.19. The average molecular weight is 649 g/mol. The molecule has 0 rings (SSSR count). The molecule has 4 nitrogen and oxygen atoms in total. The van der Waals surface area contributed by atoms with Crippen LogP contribution in [0, 0.1) is 5.92 Å². The second kappa shape index (κ2) is 41.4. The Labute approximate surface area is 287 Å². The lowest BCUT2D eigenvalue weighted by molar-refractivity contribution is -0.142. The van der Waals surface area contributed by atoms with E-state index in [0.29, 0.717) is 6.42 Å². The summed E-state index contributed by atoms with van der Waals surface area (Å²) in [6.07, 6.45) is 47.8. The van der Waals surface area contributed by atoms with Crippen LogP contribution in [0.3, 0.4) is 0 Å². The summed E-state index contributed by atoms with van der Waals surface area (Å²) in [6, 6.07) is 0. The molecule has 0 aromatic carbocycles. The number of rotatable bonds is 35. The Morgan fingerprint density at radius 3 is 1.02 bits per heavy atom. The van der Waals surface area contributed by atoms with E-state index in [0.717, 1.165) is 38.5 Å². The lowest BCUT2D eigenvalue weighted by atomic mass is 9.94. The van der Waals surface area contributed by atoms with E-state index in [2.05, 4.69) is 45.1 Å². The molecule has 0 bridgehead atoms. The maximum absolute atomic E-state index is 11.3. The molecular formula is C42H80O4. The van der Waals surface area contributed by atoms with Crippen molar-refractivity contribution >= 4 is 11.9 Å². The van der Waals surface area contributed by atoms with Gasteiger partial charge in [-0.2, -0.15) is 0 Å². The van der Waals surface area contributed by atoms with Gasteiger partial charge in [0.05, 0.1) is 5.92 Å². The molecule has 0 aromatic rings. The highest BCUT2D eigenvalue weighted by molar-refractivity contribution is 5.69. The van der Waals surface area contributed by atoms with E-state index in [-0.39, 0.29) is 5.92 Å². The number of carboxylic acids is 2. The first-order valence-corrected chi connectivity index (χ1v) is 20.2. The van der Waals surface area contributed by atoms with Gasteiger partial charge >= 0.3 is 11.9 Å². The van der Waals surface area contributed by atoms with E-state index in [1.165, 1.54) is 161 Å². The third-order valence-electron chi connectivity index (χ3n) is 8.97. The Balaban J connectivity index is 0. The molecule has 4 heteroatoms. The molecule has 0 radical (unpaired) electrons. The van der Waals surface area contributed by atoms with Crippen LogP contribution in [-0.4, -0.2) is 22.2 Å². The van der Waals surface area contributed by atoms with E-state index in [4.69, 9.17) is 5.11 Å². The predicted molar refractivity (Wildman–Crippen MR) is 202 cm³/mol. The summed E-state index contributed by atoms with van der Waals surface area (Å²) < 4.78 is 0. The largest absolute Gasteiger partial charge is 0.481 e. The van der Waals surface area contributed by atoms with Crippen molar-refractivity contribution < 1.29 is 19.8 Å². The van der Waals surface area contributed by atoms with E-state index in [1.807, 2.05) is 0 Å². The number of allylic oxidation sites excluding steroid dienone is 4. The monoisotopic (exact) mass is 649 g/mol. The fourth-order valence-electron chi connectivity index (χ4n) is 5.84. The minimum absolute atomic E-state index is 0.107. The van der Waals surface area contributed by atoms with Crippen LogP contribution in [0.4, 0.5) is 0 Å². The normalized spacial score (nSPS) is 12.1. The Bertz CT molecular complexity index is 669. The van der Waals surface area contributed by atoms with Gasteiger partial charge in [0.25, 0.3) is 0 Å². The summed E-state index contributed by atoms with van der Waals surface area (Å²) in [5.41, 5.74) is 0. The van der Waals surface area contributed by atoms with E-state index in [1.54, 1.807) is 0 Å². The molecule has 0 amide bonds. The molecule has 0 aromatic heterocycles. The van der Waals surface area contributed by atoms with E-state index >= 15 is 0 Å². The van der Waals surface area contributed by atoms with Gasteiger partial charge in [-0.15, -0.1) is 0 Å². The molecule has 0 heterocycles. The second-order valence-electron chi connectivity index (χ2n) is 13.6. The number of hydrogen-bond donors (Lipinski definition) is 2. The highest BCUT2D eigenvalue weighted by atomic mass is 16.4. The summed E-state index contributed by atoms with van der Waals surface area (Å²) in [7, 11) is 0. The Hall–Kier alpha value is -1.58. The number of carboxylic acid groups (broad SMARTS) is 2. The molecule has 0 aliphatic heterocycles. The van der Waals surface area contributed by atoms with Crippen LogP contribution in [0.5, 0.6) is 0 Å². The van der Waals surface area contributed by atoms with Gasteiger partial charge in [0.1, 0.15) is 0 Å². The van der Waals surface area contributed by atoms with E-state index < -0.39 is 11.9 Å². The third kappa shape index (κ3) is 42.4. The molecule has 0 saturated heterocycles. The molecular weight excluding hydrogens is 568 g/mol. The average Bonchev–Trinajstić information content (AvgIpc) is 3.04. The van der Waals surface area contributed by atoms with Crippen LogP contribution in [0.1, 0.15) is 226 Å². The SMILES string of the molecule is CCCCCCCC/C=C\CCCCCCC(CCCCCC)C(=O)O.CCCCCCCC/C=C\CCCCCCCC(=O)O. The third-order valence-corrected chi connectivity index (χ3v) is 8.97. The van der Waals surface area contributed by atoms with Crippen molar-refractivity contribution in [1.82, 2.24) is 0 Å². The summed E-state index contributed by atoms with van der Waals surface area (Å²) in [6.45, 7) is 6.72. The molecule has 0 aliphatic carbocycles. The van der Waals surface area contributed by atoms with Crippen molar-refractivity contribution in [3.05, 3.63) is 24.3 Å². The van der Waals surface area contributed by atoms with Crippen LogP contribution >= 0.6 is 0 Å². The fraction of sp³-hybridized carbons (Fsp3) is 0.857. The maximum atomic E-state index is 11.3. The van der Waals surface area contributed by atoms with Crippen molar-refractivity contribution in [2.75, 3.05) is 0 Å². The van der Waals surface area contributed by atoms with Crippen molar-refractivity contribution in [2.45, 2.75) is 226 Å². The minimum atomic E-state index is -0.664. The fourth-order valence-corrected chi connectivity index (χ4v) is 5.84. The molecule has 1 unspecified atom stereocenters. The van der Waals surface area contributed by atoms with Crippen molar-refractivity contribution in [2.24, 2.45) is 5.92 Å². The second-order valence-corrected chi connectivity index (χ2v) is 13.6. The zero-order chi connectivity index (χ0) is 34.2. The number of hydrogen-bond acceptors (Lipinski definition) is 2. The van der Waals surface area contributed by atoms with Gasteiger partial charge in [-0.3, -0.25) is 9.59 Å². The van der Waals surface area contributed by atoms with E-state index in [9.17, 15) is 14.7 Å². The van der Waals surface area contributed by atoms with Gasteiger partial charge in [-0.05, 0) is 70.6 Å². The molecule has 0 fully saturated rings. The van der Waals surface area contributed by atoms with Gasteiger partial charge in [0.2, 0.25) is 0 Å². The topological polar surface area (TPSA) is 74.6 Å². The summed E-state index contributed by atoms with van der Waals surface area (Å²) in [5, 5.41) is 17.8. The van der Waals surface area contributed by atoms with Crippen molar-refractivity contribution in [3.8, 4) is 0 Å². The van der Waals surface area contributed by atoms with Crippen LogP contribution in [-0.2, 0) is 9.59 Å². The smallest absolute Gasteiger partial charge is 0.306 e. The Morgan fingerprint density at radius 2 is 0.696 bits per heavy atom. The van der Waals surface area contributed by atoms with Gasteiger partial charge in [0, 0.05) is 6.42 Å². The van der Waals surface area contributed by atoms with Crippen LogP contribution in [0.2, 0.25) is 0 Å². The first-order valence-electron chi connectivity index (χ1n) is 20.2. The summed E-state index contributed by atoms with van der Waals surface area (Å²) >= 11 is 0. The van der Waals surface area contributed by atoms with Crippen molar-refractivity contribution in [1.29, 1.82) is 0 Å². The summed E-state index contributed by atoms with van der Waals surface area (Å²) in [5.74, 6) is -1.36. The lowest BCUT2D eigenvalue weighted by Gasteiger charge is -2.11. The lowest BCUT2D eigenvalue weighted by Crippen LogP contribution is -2.13. The van der Waals surface area contributed by atoms with Crippen LogP contribution in [0.25, 0.3) is 0 Å². The molecule has 1 atom stereocenters. The number of unbranched alkanes of at least 4 members (excludes halogenated alkanes) is 24. The maximum Gasteiger partial charge on any atom is 0.306 e. The van der Waals surface area contributed by atoms with Crippen LogP contribution in [0.15, 0.2) is 24.3 Å². The van der Waals surface area contributed by atoms with Gasteiger partial charge in [-0.1, -0.05) is 173 Å². The number of aliphatic carboxylic acids is 2. The molecule has 0 saturated carbocycles. The van der Waals surface area contributed by atoms with Crippen molar-refractivity contribution in [3.63, 3.8) is 0 Å². The quantitative estimate of drug-likeness (QED) is 0.0529. The number of carbonyl (C=O) groups is 2. The molecule has 0 aliphatic rings. The molecule has 2 N–H and O–H groups in total. The standard InChI is InChI=1S/C24H46O2.C18H34O2/c1-3-5-7-9-10-11-12-13-14-15-16-17-18-20-22-23(24(25)26)21-19-8-6-4-2;1-2-3-4-5-6-7-8-9-10-11-12-13-14-15-16-17-18(19)20/h13-14,23H,3-12,15-22H2,1-2H3,(H,25,26);9-10H,2-8,11-17H2,1H3,(H,19,20)/b14-13-;10-9-. The highest BCUT2D eigenvalue weighted by Gasteiger charge is 2.16. The first kappa shape index (κ1) is 46.5. The molecule has 272 valence electrons. The zero-order valence-electron chi connectivity index (χ0n) is 31.2. The van der Waals surface area contributed by atoms with Gasteiger partial charge in [0.15, 0.2) is 0 Å². The minimum Gasteiger partial charge on any atom is -0.481 e. The molecule has 46 heavy (non-hydrogen) atoms. The van der Waals surface area contributed by atoms with Gasteiger partial charge in [-0.25, -0.2) is 0 Å². The Kier molecular flexibility index (Phi) is 41.9. The van der Waals surface area contributed by atoms with Crippen LogP contribution < -0.4 is 0 Å². The van der Waals surface area contributed by atoms with Gasteiger partial charge < -0.3 is 10.2 Å². The molecule has 0 spiro atoms. The summed E-state index contributed by atoms with van der Waals surface area (Å²) in [4.78, 5) is 21.6. The Morgan fingerprint density at radius 1 is 0.413 bits per heavy atom.